The van der Waals surface area contributed by atoms with Crippen LogP contribution in [0.1, 0.15) is 23.8 Å². The molecule has 0 saturated carbocycles. The van der Waals surface area contributed by atoms with E-state index in [1.54, 1.807) is 0 Å². The van der Waals surface area contributed by atoms with E-state index in [0.717, 1.165) is 29.6 Å². The van der Waals surface area contributed by atoms with Crippen LogP contribution in [0, 0.1) is 0 Å². The number of aromatic nitrogens is 2. The number of hydrogen-bond acceptors (Lipinski definition) is 14. The Hall–Kier alpha value is -2.25. The van der Waals surface area contributed by atoms with E-state index >= 15 is 0 Å². The molecule has 1 fully saturated rings. The number of aliphatic hydroxyl groups excluding tert-OH is 4. The van der Waals surface area contributed by atoms with E-state index < -0.39 is 67.1 Å². The van der Waals surface area contributed by atoms with Crippen molar-refractivity contribution in [3.63, 3.8) is 0 Å². The number of nitrogens with zero attached hydrogens (tertiary/aromatic N) is 2. The van der Waals surface area contributed by atoms with Crippen LogP contribution < -0.4 is 44.7 Å². The molecule has 0 aliphatic carbocycles. The number of benzene rings is 1. The first kappa shape index (κ1) is 31.3. The number of aliphatic hydroxyl groups is 4. The number of hydrogen-bond donors (Lipinski definition) is 6. The molecule has 204 valence electrons. The molecule has 3 aromatic rings. The summed E-state index contributed by atoms with van der Waals surface area (Å²) in [6.07, 6.45) is -7.77. The van der Waals surface area contributed by atoms with Crippen LogP contribution in [0.25, 0.3) is 20.2 Å². The van der Waals surface area contributed by atoms with Gasteiger partial charge in [0.1, 0.15) is 30.0 Å². The Morgan fingerprint density at radius 1 is 1.28 bits per heavy atom. The summed E-state index contributed by atoms with van der Waals surface area (Å²) in [6.45, 7) is 0.211. The Morgan fingerprint density at radius 3 is 2.59 bits per heavy atom. The number of ether oxygens (including phenoxy) is 2. The summed E-state index contributed by atoms with van der Waals surface area (Å²) in [5.41, 5.74) is 0.361. The molecule has 6 unspecified atom stereocenters. The fourth-order valence-corrected chi connectivity index (χ4v) is 5.77. The van der Waals surface area contributed by atoms with Crippen molar-refractivity contribution >= 4 is 50.7 Å². The van der Waals surface area contributed by atoms with Crippen molar-refractivity contribution in [3.8, 4) is 15.8 Å². The van der Waals surface area contributed by atoms with Crippen LogP contribution in [0.5, 0.6) is 5.75 Å². The minimum atomic E-state index is -2.65. The smallest absolute Gasteiger partial charge is 0.543 e. The Balaban J connectivity index is 0.00000420. The van der Waals surface area contributed by atoms with E-state index in [1.165, 1.54) is 23.6 Å². The molecule has 14 nitrogen and oxygen atoms in total. The molecule has 0 spiro atoms. The number of rotatable bonds is 9. The fraction of sp³-hybridized carbons (Fsp3) is 0.409. The zero-order valence-electron chi connectivity index (χ0n) is 20.5. The first-order valence-electron chi connectivity index (χ1n) is 11.0. The topological polar surface area (TPSA) is 232 Å². The predicted octanol–water partition coefficient (Wildman–Crippen LogP) is -4.68. The summed E-state index contributed by atoms with van der Waals surface area (Å²) in [5.74, 6) is -6.40. The number of aromatic carboxylic acids is 1. The number of carbonyl (C=O) groups is 3. The zero-order valence-corrected chi connectivity index (χ0v) is 24.1. The van der Waals surface area contributed by atoms with E-state index in [2.05, 4.69) is 15.3 Å². The van der Waals surface area contributed by atoms with Crippen molar-refractivity contribution in [2.45, 2.75) is 49.6 Å². The van der Waals surface area contributed by atoms with Gasteiger partial charge in [-0.15, -0.1) is 22.7 Å². The van der Waals surface area contributed by atoms with Gasteiger partial charge in [-0.25, -0.2) is 14.8 Å². The number of aliphatic carboxylic acids is 1. The number of fused-ring (bicyclic) bond motifs is 1. The van der Waals surface area contributed by atoms with Gasteiger partial charge in [0.2, 0.25) is 5.91 Å². The molecule has 1 saturated heterocycles. The third-order valence-corrected chi connectivity index (χ3v) is 7.72. The molecule has 1 amide bonds. The molecule has 2 aromatic heterocycles. The fourth-order valence-electron chi connectivity index (χ4n) is 3.94. The third-order valence-electron chi connectivity index (χ3n) is 5.72. The largest absolute Gasteiger partial charge is 1.00 e. The van der Waals surface area contributed by atoms with Gasteiger partial charge in [-0.1, -0.05) is 0 Å². The summed E-state index contributed by atoms with van der Waals surface area (Å²) >= 11 is 2.23. The molecule has 17 heteroatoms. The van der Waals surface area contributed by atoms with Gasteiger partial charge in [0.25, 0.3) is 5.79 Å². The molecule has 3 heterocycles. The zero-order chi connectivity index (χ0) is 27.8. The van der Waals surface area contributed by atoms with E-state index in [0.29, 0.717) is 20.2 Å². The second-order valence-corrected chi connectivity index (χ2v) is 10.3. The van der Waals surface area contributed by atoms with Crippen LogP contribution in [0.4, 0.5) is 0 Å². The second kappa shape index (κ2) is 12.5. The van der Waals surface area contributed by atoms with Crippen molar-refractivity contribution in [3.05, 3.63) is 29.3 Å². The Labute approximate surface area is 250 Å². The van der Waals surface area contributed by atoms with Crippen LogP contribution in [-0.4, -0.2) is 96.2 Å². The van der Waals surface area contributed by atoms with Gasteiger partial charge in [-0.3, -0.25) is 4.79 Å². The molecule has 0 bridgehead atoms. The molecular formula is C22H22N3NaO11S2. The number of nitrogens with one attached hydrogen (secondary N) is 1. The van der Waals surface area contributed by atoms with Crippen LogP contribution in [0.2, 0.25) is 0 Å². The minimum Gasteiger partial charge on any atom is -0.543 e. The summed E-state index contributed by atoms with van der Waals surface area (Å²) in [6, 6.07) is 2.99. The SMILES string of the molecule is CC(=O)NC1C(O)CC(Oc2ccc3nc(-c4nc(C(=O)O)cs4)sc3c2)(C(=O)[O-])OC1C(O)C(O)CO.[Na+]. The Bertz CT molecular complexity index is 1370. The number of carbonyl (C=O) groups excluding carboxylic acids is 2. The summed E-state index contributed by atoms with van der Waals surface area (Å²) in [4.78, 5) is 43.4. The summed E-state index contributed by atoms with van der Waals surface area (Å²) in [5, 5.41) is 66.3. The van der Waals surface area contributed by atoms with Gasteiger partial charge in [0, 0.05) is 18.7 Å². The van der Waals surface area contributed by atoms with Gasteiger partial charge in [0.05, 0.1) is 29.0 Å². The molecular weight excluding hydrogens is 569 g/mol. The van der Waals surface area contributed by atoms with Crippen LogP contribution in [0.3, 0.4) is 0 Å². The molecule has 1 aliphatic rings. The van der Waals surface area contributed by atoms with Crippen molar-refractivity contribution in [2.24, 2.45) is 0 Å². The number of amides is 1. The van der Waals surface area contributed by atoms with Crippen molar-refractivity contribution in [1.82, 2.24) is 15.3 Å². The normalized spacial score (nSPS) is 24.4. The summed E-state index contributed by atoms with van der Waals surface area (Å²) < 4.78 is 11.7. The third kappa shape index (κ3) is 6.57. The van der Waals surface area contributed by atoms with Gasteiger partial charge >= 0.3 is 35.5 Å². The van der Waals surface area contributed by atoms with Crippen LogP contribution >= 0.6 is 22.7 Å². The molecule has 6 N–H and O–H groups in total. The van der Waals surface area contributed by atoms with Crippen molar-refractivity contribution in [2.75, 3.05) is 6.61 Å². The first-order chi connectivity index (χ1) is 17.9. The Kier molecular flexibility index (Phi) is 10.0. The van der Waals surface area contributed by atoms with E-state index in [4.69, 9.17) is 14.6 Å². The van der Waals surface area contributed by atoms with Gasteiger partial charge < -0.3 is 50.2 Å². The van der Waals surface area contributed by atoms with Crippen molar-refractivity contribution in [1.29, 1.82) is 0 Å². The average Bonchev–Trinajstić information content (AvgIpc) is 3.51. The number of carboxylic acid groups (broad SMARTS) is 2. The minimum absolute atomic E-state index is 0. The van der Waals surface area contributed by atoms with Gasteiger partial charge in [-0.05, 0) is 18.2 Å². The van der Waals surface area contributed by atoms with Gasteiger partial charge in [0.15, 0.2) is 15.7 Å². The molecule has 6 atom stereocenters. The number of carboxylic acids is 2. The average molecular weight is 592 g/mol. The maximum atomic E-state index is 12.3. The van der Waals surface area contributed by atoms with Crippen LogP contribution in [0.15, 0.2) is 23.6 Å². The maximum absolute atomic E-state index is 12.3. The Morgan fingerprint density at radius 2 is 2.00 bits per heavy atom. The van der Waals surface area contributed by atoms with Crippen molar-refractivity contribution < 1.29 is 84.1 Å². The first-order valence-corrected chi connectivity index (χ1v) is 12.7. The molecule has 1 aliphatic heterocycles. The van der Waals surface area contributed by atoms with E-state index in [-0.39, 0.29) is 41.0 Å². The maximum Gasteiger partial charge on any atom is 1.00 e. The molecule has 4 rings (SSSR count). The van der Waals surface area contributed by atoms with Crippen LogP contribution in [-0.2, 0) is 14.3 Å². The van der Waals surface area contributed by atoms with E-state index in [1.807, 2.05) is 0 Å². The standard InChI is InChI=1S/C22H23N3O11S2.Na/c1-8(27)23-15-12(28)5-22(21(33)34,36-17(15)16(30)13(29)6-26)35-9-2-3-10-14(4-9)38-19(24-10)18-25-11(7-37-18)20(31)32;/h2-4,7,12-13,15-17,26,28-30H,5-6H2,1H3,(H,23,27)(H,31,32)(H,33,34);/q;+1/p-1. The molecule has 0 radical (unpaired) electrons. The second-order valence-electron chi connectivity index (χ2n) is 8.45. The molecule has 1 aromatic carbocycles. The monoisotopic (exact) mass is 591 g/mol. The molecule has 39 heavy (non-hydrogen) atoms. The quantitative estimate of drug-likeness (QED) is 0.129. The summed E-state index contributed by atoms with van der Waals surface area (Å²) in [7, 11) is 0. The predicted molar refractivity (Wildman–Crippen MR) is 128 cm³/mol. The van der Waals surface area contributed by atoms with Gasteiger partial charge in [-0.2, -0.15) is 0 Å². The number of thiazole rings is 2. The van der Waals surface area contributed by atoms with E-state index in [9.17, 15) is 39.9 Å².